The Kier molecular flexibility index (Phi) is 3.00. The SMILES string of the molecule is O=C(c1coc2ccccc12)N(CCCl)C1CC1. The Morgan fingerprint density at radius 1 is 1.39 bits per heavy atom. The number of fused-ring (bicyclic) bond motifs is 1. The molecule has 1 fully saturated rings. The van der Waals surface area contributed by atoms with Crippen LogP contribution in [-0.2, 0) is 0 Å². The Morgan fingerprint density at radius 2 is 2.17 bits per heavy atom. The quantitative estimate of drug-likeness (QED) is 0.793. The van der Waals surface area contributed by atoms with Crippen LogP contribution in [-0.4, -0.2) is 29.3 Å². The Morgan fingerprint density at radius 3 is 2.89 bits per heavy atom. The summed E-state index contributed by atoms with van der Waals surface area (Å²) in [6.45, 7) is 0.602. The number of hydrogen-bond donors (Lipinski definition) is 0. The highest BCUT2D eigenvalue weighted by Crippen LogP contribution is 2.30. The Hall–Kier alpha value is -1.48. The van der Waals surface area contributed by atoms with Crippen LogP contribution in [0.1, 0.15) is 23.2 Å². The third kappa shape index (κ3) is 1.99. The summed E-state index contributed by atoms with van der Waals surface area (Å²) in [5, 5.41) is 0.878. The molecule has 0 N–H and O–H groups in total. The molecule has 1 aliphatic carbocycles. The summed E-state index contributed by atoms with van der Waals surface area (Å²) in [6.07, 6.45) is 3.72. The van der Waals surface area contributed by atoms with Gasteiger partial charge in [-0.25, -0.2) is 0 Å². The largest absolute Gasteiger partial charge is 0.463 e. The van der Waals surface area contributed by atoms with Crippen LogP contribution in [0.15, 0.2) is 34.9 Å². The maximum atomic E-state index is 12.5. The van der Waals surface area contributed by atoms with E-state index in [1.807, 2.05) is 29.2 Å². The van der Waals surface area contributed by atoms with E-state index < -0.39 is 0 Å². The van der Waals surface area contributed by atoms with Crippen molar-refractivity contribution < 1.29 is 9.21 Å². The molecular weight excluding hydrogens is 250 g/mol. The lowest BCUT2D eigenvalue weighted by atomic mass is 10.1. The van der Waals surface area contributed by atoms with Crippen LogP contribution >= 0.6 is 11.6 Å². The first-order valence-corrected chi connectivity index (χ1v) is 6.68. The van der Waals surface area contributed by atoms with Gasteiger partial charge in [0.15, 0.2) is 0 Å². The molecular formula is C14H14ClNO2. The molecule has 1 heterocycles. The van der Waals surface area contributed by atoms with Crippen molar-refractivity contribution in [2.45, 2.75) is 18.9 Å². The molecule has 1 saturated carbocycles. The summed E-state index contributed by atoms with van der Waals surface area (Å²) in [7, 11) is 0. The van der Waals surface area contributed by atoms with Gasteiger partial charge < -0.3 is 9.32 Å². The molecule has 1 amide bonds. The Labute approximate surface area is 110 Å². The van der Waals surface area contributed by atoms with Gasteiger partial charge in [-0.15, -0.1) is 11.6 Å². The lowest BCUT2D eigenvalue weighted by Gasteiger charge is -2.20. The highest BCUT2D eigenvalue weighted by atomic mass is 35.5. The fourth-order valence-corrected chi connectivity index (χ4v) is 2.41. The Balaban J connectivity index is 1.95. The molecule has 1 aromatic carbocycles. The van der Waals surface area contributed by atoms with E-state index in [-0.39, 0.29) is 5.91 Å². The summed E-state index contributed by atoms with van der Waals surface area (Å²) in [5.41, 5.74) is 1.39. The van der Waals surface area contributed by atoms with Crippen LogP contribution in [0, 0.1) is 0 Å². The monoisotopic (exact) mass is 263 g/mol. The third-order valence-electron chi connectivity index (χ3n) is 3.29. The predicted molar refractivity (Wildman–Crippen MR) is 71.0 cm³/mol. The first kappa shape index (κ1) is 11.6. The average Bonchev–Trinajstić information content (AvgIpc) is 3.14. The standard InChI is InChI=1S/C14H14ClNO2/c15-7-8-16(10-5-6-10)14(17)12-9-18-13-4-2-1-3-11(12)13/h1-4,9-10H,5-8H2. The van der Waals surface area contributed by atoms with Crippen LogP contribution in [0.4, 0.5) is 0 Å². The van der Waals surface area contributed by atoms with Gasteiger partial charge in [0, 0.05) is 23.9 Å². The number of amides is 1. The number of nitrogens with zero attached hydrogens (tertiary/aromatic N) is 1. The highest BCUT2D eigenvalue weighted by molar-refractivity contribution is 6.18. The van der Waals surface area contributed by atoms with Gasteiger partial charge in [0.2, 0.25) is 0 Å². The Bertz CT molecular complexity index is 574. The van der Waals surface area contributed by atoms with Crippen molar-refractivity contribution in [3.8, 4) is 0 Å². The van der Waals surface area contributed by atoms with Crippen LogP contribution in [0.2, 0.25) is 0 Å². The van der Waals surface area contributed by atoms with Gasteiger partial charge in [0.1, 0.15) is 11.8 Å². The maximum absolute atomic E-state index is 12.5. The number of alkyl halides is 1. The van der Waals surface area contributed by atoms with Crippen molar-refractivity contribution in [1.82, 2.24) is 4.90 Å². The second-order valence-corrected chi connectivity index (χ2v) is 4.94. The maximum Gasteiger partial charge on any atom is 0.258 e. The fourth-order valence-electron chi connectivity index (χ4n) is 2.23. The van der Waals surface area contributed by atoms with Gasteiger partial charge in [0.05, 0.1) is 5.56 Å². The van der Waals surface area contributed by atoms with Gasteiger partial charge in [-0.05, 0) is 18.9 Å². The summed E-state index contributed by atoms with van der Waals surface area (Å²) >= 11 is 5.77. The molecule has 1 aliphatic rings. The first-order valence-electron chi connectivity index (χ1n) is 6.14. The van der Waals surface area contributed by atoms with E-state index in [1.54, 1.807) is 6.26 Å². The van der Waals surface area contributed by atoms with Crippen molar-refractivity contribution in [2.75, 3.05) is 12.4 Å². The lowest BCUT2D eigenvalue weighted by molar-refractivity contribution is 0.0754. The van der Waals surface area contributed by atoms with Crippen LogP contribution in [0.3, 0.4) is 0 Å². The molecule has 0 radical (unpaired) electrons. The zero-order valence-corrected chi connectivity index (χ0v) is 10.7. The third-order valence-corrected chi connectivity index (χ3v) is 3.45. The number of carbonyl (C=O) groups excluding carboxylic acids is 1. The summed E-state index contributed by atoms with van der Waals surface area (Å²) in [6, 6.07) is 7.96. The van der Waals surface area contributed by atoms with Crippen LogP contribution in [0.25, 0.3) is 11.0 Å². The van der Waals surface area contributed by atoms with E-state index in [1.165, 1.54) is 0 Å². The van der Waals surface area contributed by atoms with Crippen molar-refractivity contribution in [3.05, 3.63) is 36.1 Å². The number of halogens is 1. The van der Waals surface area contributed by atoms with Crippen molar-refractivity contribution in [1.29, 1.82) is 0 Å². The summed E-state index contributed by atoms with van der Waals surface area (Å²) < 4.78 is 5.42. The molecule has 0 unspecified atom stereocenters. The van der Waals surface area contributed by atoms with Crippen molar-refractivity contribution in [3.63, 3.8) is 0 Å². The second-order valence-electron chi connectivity index (χ2n) is 4.56. The molecule has 0 aliphatic heterocycles. The molecule has 18 heavy (non-hydrogen) atoms. The average molecular weight is 264 g/mol. The van der Waals surface area contributed by atoms with Gasteiger partial charge >= 0.3 is 0 Å². The molecule has 0 spiro atoms. The number of para-hydroxylation sites is 1. The summed E-state index contributed by atoms with van der Waals surface area (Å²) in [5.74, 6) is 0.501. The molecule has 3 nitrogen and oxygen atoms in total. The minimum atomic E-state index is 0.0306. The molecule has 2 aromatic rings. The number of rotatable bonds is 4. The first-order chi connectivity index (χ1) is 8.81. The second kappa shape index (κ2) is 4.65. The zero-order valence-electron chi connectivity index (χ0n) is 9.93. The van der Waals surface area contributed by atoms with E-state index in [9.17, 15) is 4.79 Å². The predicted octanol–water partition coefficient (Wildman–Crippen LogP) is 3.28. The molecule has 3 rings (SSSR count). The lowest BCUT2D eigenvalue weighted by Crippen LogP contribution is -2.34. The molecule has 0 saturated heterocycles. The molecule has 1 aromatic heterocycles. The molecule has 0 atom stereocenters. The highest BCUT2D eigenvalue weighted by Gasteiger charge is 2.33. The van der Waals surface area contributed by atoms with Crippen molar-refractivity contribution >= 4 is 28.5 Å². The number of benzene rings is 1. The van der Waals surface area contributed by atoms with E-state index in [0.29, 0.717) is 24.0 Å². The van der Waals surface area contributed by atoms with E-state index in [0.717, 1.165) is 23.8 Å². The minimum absolute atomic E-state index is 0.0306. The number of furan rings is 1. The molecule has 0 bridgehead atoms. The topological polar surface area (TPSA) is 33.5 Å². The van der Waals surface area contributed by atoms with Gasteiger partial charge in [-0.1, -0.05) is 18.2 Å². The van der Waals surface area contributed by atoms with Gasteiger partial charge in [-0.3, -0.25) is 4.79 Å². The minimum Gasteiger partial charge on any atom is -0.463 e. The summed E-state index contributed by atoms with van der Waals surface area (Å²) in [4.78, 5) is 14.4. The van der Waals surface area contributed by atoms with E-state index in [2.05, 4.69) is 0 Å². The number of carbonyl (C=O) groups is 1. The van der Waals surface area contributed by atoms with Crippen LogP contribution in [0.5, 0.6) is 0 Å². The van der Waals surface area contributed by atoms with E-state index in [4.69, 9.17) is 16.0 Å². The molecule has 94 valence electrons. The fraction of sp³-hybridized carbons (Fsp3) is 0.357. The van der Waals surface area contributed by atoms with Gasteiger partial charge in [-0.2, -0.15) is 0 Å². The number of hydrogen-bond acceptors (Lipinski definition) is 2. The van der Waals surface area contributed by atoms with Crippen LogP contribution < -0.4 is 0 Å². The van der Waals surface area contributed by atoms with Gasteiger partial charge in [0.25, 0.3) is 5.91 Å². The van der Waals surface area contributed by atoms with E-state index >= 15 is 0 Å². The molecule has 4 heteroatoms. The smallest absolute Gasteiger partial charge is 0.258 e. The zero-order chi connectivity index (χ0) is 12.5. The normalized spacial score (nSPS) is 14.9. The van der Waals surface area contributed by atoms with Crippen molar-refractivity contribution in [2.24, 2.45) is 0 Å².